The van der Waals surface area contributed by atoms with Gasteiger partial charge in [-0.2, -0.15) is 8.42 Å². The van der Waals surface area contributed by atoms with Gasteiger partial charge in [0.2, 0.25) is 0 Å². The van der Waals surface area contributed by atoms with Crippen LogP contribution in [-0.2, 0) is 15.5 Å². The van der Waals surface area contributed by atoms with E-state index in [1.165, 1.54) is 0 Å². The van der Waals surface area contributed by atoms with Gasteiger partial charge in [-0.05, 0) is 23.1 Å². The summed E-state index contributed by atoms with van der Waals surface area (Å²) in [7, 11) is -3.46. The molecule has 0 saturated carbocycles. The molecule has 1 aromatic rings. The van der Waals surface area contributed by atoms with Crippen molar-refractivity contribution >= 4 is 15.8 Å². The second-order valence-electron chi connectivity index (χ2n) is 4.92. The van der Waals surface area contributed by atoms with Gasteiger partial charge in [-0.15, -0.1) is 0 Å². The molecule has 0 spiro atoms. The molecule has 16 heavy (non-hydrogen) atoms. The van der Waals surface area contributed by atoms with Crippen molar-refractivity contribution in [2.45, 2.75) is 26.2 Å². The van der Waals surface area contributed by atoms with Crippen molar-refractivity contribution in [2.75, 3.05) is 11.2 Å². The maximum atomic E-state index is 11.2. The van der Waals surface area contributed by atoms with Gasteiger partial charge in [0.15, 0.2) is 11.6 Å². The van der Waals surface area contributed by atoms with Crippen molar-refractivity contribution in [1.29, 1.82) is 0 Å². The second kappa shape index (κ2) is 3.38. The van der Waals surface area contributed by atoms with Crippen LogP contribution in [0.4, 0.5) is 5.69 Å². The molecule has 88 valence electrons. The molecule has 1 aliphatic rings. The fourth-order valence-corrected chi connectivity index (χ4v) is 2.35. The maximum Gasteiger partial charge on any atom is 0.327 e. The van der Waals surface area contributed by atoms with Crippen LogP contribution in [0, 0.1) is 0 Å². The van der Waals surface area contributed by atoms with Crippen LogP contribution in [0.15, 0.2) is 18.2 Å². The summed E-state index contributed by atoms with van der Waals surface area (Å²) in [5.41, 5.74) is 1.91. The molecule has 0 amide bonds. The summed E-state index contributed by atoms with van der Waals surface area (Å²) in [6.07, 6.45) is 0. The minimum Gasteiger partial charge on any atom is -0.379 e. The van der Waals surface area contributed by atoms with E-state index >= 15 is 0 Å². The number of nitrogens with one attached hydrogen (secondary N) is 1. The maximum absolute atomic E-state index is 11.2. The highest BCUT2D eigenvalue weighted by Crippen LogP contribution is 2.34. The highest BCUT2D eigenvalue weighted by molar-refractivity contribution is 7.87. The zero-order valence-electron chi connectivity index (χ0n) is 9.57. The SMILES string of the molecule is CC(C)(C)c1ccc2c(c1)NCS(=O)(=O)O2. The quantitative estimate of drug-likeness (QED) is 0.706. The Bertz CT molecular complexity index is 515. The Morgan fingerprint density at radius 3 is 2.62 bits per heavy atom. The highest BCUT2D eigenvalue weighted by Gasteiger charge is 2.23. The normalized spacial score (nSPS) is 18.2. The van der Waals surface area contributed by atoms with Gasteiger partial charge in [-0.25, -0.2) is 0 Å². The molecule has 0 radical (unpaired) electrons. The lowest BCUT2D eigenvalue weighted by Gasteiger charge is -2.24. The van der Waals surface area contributed by atoms with Crippen molar-refractivity contribution in [3.8, 4) is 5.75 Å². The zero-order valence-corrected chi connectivity index (χ0v) is 10.4. The van der Waals surface area contributed by atoms with Crippen LogP contribution in [0.1, 0.15) is 26.3 Å². The molecule has 0 atom stereocenters. The Balaban J connectivity index is 2.43. The largest absolute Gasteiger partial charge is 0.379 e. The van der Waals surface area contributed by atoms with Crippen LogP contribution >= 0.6 is 0 Å². The summed E-state index contributed by atoms with van der Waals surface area (Å²) >= 11 is 0. The fourth-order valence-electron chi connectivity index (χ4n) is 1.54. The van der Waals surface area contributed by atoms with Crippen LogP contribution < -0.4 is 9.50 Å². The Kier molecular flexibility index (Phi) is 2.38. The molecule has 0 aliphatic carbocycles. The topological polar surface area (TPSA) is 55.4 Å². The standard InChI is InChI=1S/C11H15NO3S/c1-11(2,3)8-4-5-10-9(6-8)12-7-16(13,14)15-10/h4-6,12H,7H2,1-3H3. The molecule has 4 nitrogen and oxygen atoms in total. The molecule has 1 aromatic carbocycles. The van der Waals surface area contributed by atoms with Crippen molar-refractivity contribution in [1.82, 2.24) is 0 Å². The predicted molar refractivity (Wildman–Crippen MR) is 63.2 cm³/mol. The van der Waals surface area contributed by atoms with Gasteiger partial charge < -0.3 is 9.50 Å². The molecule has 0 saturated heterocycles. The third kappa shape index (κ3) is 2.14. The minimum atomic E-state index is -3.46. The Hall–Kier alpha value is -1.23. The number of hydrogen-bond acceptors (Lipinski definition) is 4. The summed E-state index contributed by atoms with van der Waals surface area (Å²) < 4.78 is 27.3. The Labute approximate surface area is 95.7 Å². The van der Waals surface area contributed by atoms with Gasteiger partial charge in [0.25, 0.3) is 0 Å². The third-order valence-electron chi connectivity index (χ3n) is 2.50. The van der Waals surface area contributed by atoms with Crippen LogP contribution in [0.25, 0.3) is 0 Å². The number of anilines is 1. The smallest absolute Gasteiger partial charge is 0.327 e. The minimum absolute atomic E-state index is 0.0348. The Morgan fingerprint density at radius 1 is 1.31 bits per heavy atom. The summed E-state index contributed by atoms with van der Waals surface area (Å²) in [6, 6.07) is 5.52. The average Bonchev–Trinajstić information content (AvgIpc) is 2.14. The first-order chi connectivity index (χ1) is 7.28. The first-order valence-electron chi connectivity index (χ1n) is 5.08. The highest BCUT2D eigenvalue weighted by atomic mass is 32.2. The third-order valence-corrected chi connectivity index (χ3v) is 3.43. The lowest BCUT2D eigenvalue weighted by atomic mass is 9.87. The van der Waals surface area contributed by atoms with Crippen molar-refractivity contribution in [3.05, 3.63) is 23.8 Å². The van der Waals surface area contributed by atoms with E-state index in [-0.39, 0.29) is 11.3 Å². The van der Waals surface area contributed by atoms with Crippen LogP contribution in [0.2, 0.25) is 0 Å². The van der Waals surface area contributed by atoms with Gasteiger partial charge in [-0.3, -0.25) is 0 Å². The van der Waals surface area contributed by atoms with Crippen LogP contribution in [0.5, 0.6) is 5.75 Å². The van der Waals surface area contributed by atoms with E-state index in [2.05, 4.69) is 26.1 Å². The van der Waals surface area contributed by atoms with E-state index in [9.17, 15) is 8.42 Å². The molecule has 1 aliphatic heterocycles. The average molecular weight is 241 g/mol. The lowest BCUT2D eigenvalue weighted by Crippen LogP contribution is -2.25. The Morgan fingerprint density at radius 2 is 2.00 bits per heavy atom. The van der Waals surface area contributed by atoms with Gasteiger partial charge in [-0.1, -0.05) is 26.8 Å². The molecule has 0 unspecified atom stereocenters. The zero-order chi connectivity index (χ0) is 12.0. The predicted octanol–water partition coefficient (Wildman–Crippen LogP) is 2.08. The lowest BCUT2D eigenvalue weighted by molar-refractivity contribution is 0.483. The van der Waals surface area contributed by atoms with E-state index in [4.69, 9.17) is 4.18 Å². The van der Waals surface area contributed by atoms with Gasteiger partial charge in [0, 0.05) is 0 Å². The van der Waals surface area contributed by atoms with Crippen LogP contribution in [0.3, 0.4) is 0 Å². The van der Waals surface area contributed by atoms with Gasteiger partial charge in [0.05, 0.1) is 5.69 Å². The van der Waals surface area contributed by atoms with Crippen molar-refractivity contribution in [2.24, 2.45) is 0 Å². The van der Waals surface area contributed by atoms with E-state index in [1.807, 2.05) is 12.1 Å². The molecule has 5 heteroatoms. The van der Waals surface area contributed by atoms with Crippen molar-refractivity contribution in [3.63, 3.8) is 0 Å². The molecular formula is C11H15NO3S. The van der Waals surface area contributed by atoms with E-state index in [1.54, 1.807) is 6.07 Å². The first kappa shape index (κ1) is 11.3. The molecule has 1 N–H and O–H groups in total. The summed E-state index contributed by atoms with van der Waals surface area (Å²) in [5.74, 6) is 0.201. The van der Waals surface area contributed by atoms with Gasteiger partial charge >= 0.3 is 10.1 Å². The summed E-state index contributed by atoms with van der Waals surface area (Å²) in [6.45, 7) is 6.32. The first-order valence-corrected chi connectivity index (χ1v) is 6.66. The number of benzene rings is 1. The summed E-state index contributed by atoms with van der Waals surface area (Å²) in [4.78, 5) is 0. The molecule has 0 bridgehead atoms. The van der Waals surface area contributed by atoms with Crippen molar-refractivity contribution < 1.29 is 12.6 Å². The van der Waals surface area contributed by atoms with Crippen LogP contribution in [-0.4, -0.2) is 14.3 Å². The molecule has 0 fully saturated rings. The van der Waals surface area contributed by atoms with E-state index in [0.29, 0.717) is 5.75 Å². The number of hydrogen-bond donors (Lipinski definition) is 1. The van der Waals surface area contributed by atoms with E-state index < -0.39 is 10.1 Å². The van der Waals surface area contributed by atoms with E-state index in [0.717, 1.165) is 11.3 Å². The number of rotatable bonds is 0. The molecule has 1 heterocycles. The molecule has 2 rings (SSSR count). The fraction of sp³-hybridized carbons (Fsp3) is 0.455. The molecular weight excluding hydrogens is 226 g/mol. The monoisotopic (exact) mass is 241 g/mol. The summed E-state index contributed by atoms with van der Waals surface area (Å²) in [5, 5.41) is 2.85. The second-order valence-corrected chi connectivity index (χ2v) is 6.49. The molecule has 0 aromatic heterocycles. The van der Waals surface area contributed by atoms with Gasteiger partial charge in [0.1, 0.15) is 0 Å². The number of fused-ring (bicyclic) bond motifs is 1.